The lowest BCUT2D eigenvalue weighted by Gasteiger charge is -2.07. The topological polar surface area (TPSA) is 57.4 Å². The number of nitrogens with zero attached hydrogens (tertiary/aromatic N) is 2. The summed E-state index contributed by atoms with van der Waals surface area (Å²) >= 11 is 0. The first-order valence-electron chi connectivity index (χ1n) is 16.2. The summed E-state index contributed by atoms with van der Waals surface area (Å²) in [7, 11) is 0. The lowest BCUT2D eigenvalue weighted by atomic mass is 9.99. The van der Waals surface area contributed by atoms with E-state index in [0.717, 1.165) is 89.4 Å². The van der Waals surface area contributed by atoms with Gasteiger partial charge in [0.1, 0.15) is 0 Å². The van der Waals surface area contributed by atoms with Crippen molar-refractivity contribution in [2.45, 2.75) is 0 Å². The summed E-state index contributed by atoms with van der Waals surface area (Å²) in [6.07, 6.45) is 8.50. The zero-order chi connectivity index (χ0) is 31.9. The van der Waals surface area contributed by atoms with Gasteiger partial charge in [-0.15, -0.1) is 0 Å². The summed E-state index contributed by atoms with van der Waals surface area (Å²) in [4.78, 5) is 18.2. The maximum atomic E-state index is 5.40. The summed E-state index contributed by atoms with van der Waals surface area (Å²) in [6, 6.07) is 50.8. The van der Waals surface area contributed by atoms with E-state index in [1.807, 2.05) is 6.07 Å². The van der Waals surface area contributed by atoms with Crippen molar-refractivity contribution in [2.75, 3.05) is 0 Å². The Kier molecular flexibility index (Phi) is 7.99. The molecule has 0 atom stereocenters. The standard InChI is InChI=1S/C44H30N4.Al.3H/c1-5-13-29(14-6-1)35-28-34-27-33-21-22-36(45-33)41(30-15-7-2-8-16-30)37-23-24-38(47-37)42(31-17-9-3-10-18-31)39-25-26-40(48-39)43(44(35)46-34)32-19-11-4-12-20-32;;;;/h1-28,46-47H;;;;. The predicted molar refractivity (Wildman–Crippen MR) is 211 cm³/mol. The average Bonchev–Trinajstić information content (AvgIpc) is 3.97. The van der Waals surface area contributed by atoms with Crippen LogP contribution in [-0.4, -0.2) is 37.3 Å². The van der Waals surface area contributed by atoms with Gasteiger partial charge in [-0.25, -0.2) is 9.97 Å². The van der Waals surface area contributed by atoms with Crippen LogP contribution in [0.1, 0.15) is 22.8 Å². The van der Waals surface area contributed by atoms with Gasteiger partial charge < -0.3 is 9.97 Å². The second-order valence-electron chi connectivity index (χ2n) is 12.0. The van der Waals surface area contributed by atoms with Gasteiger partial charge in [-0.2, -0.15) is 0 Å². The molecule has 3 aromatic heterocycles. The van der Waals surface area contributed by atoms with Crippen molar-refractivity contribution in [3.63, 3.8) is 0 Å². The molecule has 9 rings (SSSR count). The van der Waals surface area contributed by atoms with Gasteiger partial charge in [-0.3, -0.25) is 0 Å². The smallest absolute Gasteiger partial charge is 0.187 e. The van der Waals surface area contributed by atoms with Gasteiger partial charge in [-0.1, -0.05) is 121 Å². The molecule has 0 saturated heterocycles. The second-order valence-corrected chi connectivity index (χ2v) is 12.0. The molecule has 0 fully saturated rings. The van der Waals surface area contributed by atoms with Crippen molar-refractivity contribution in [3.05, 3.63) is 168 Å². The van der Waals surface area contributed by atoms with E-state index < -0.39 is 0 Å². The van der Waals surface area contributed by atoms with E-state index in [4.69, 9.17) is 9.97 Å². The summed E-state index contributed by atoms with van der Waals surface area (Å²) in [5.41, 5.74) is 16.2. The third-order valence-electron chi connectivity index (χ3n) is 8.96. The molecule has 5 heterocycles. The largest absolute Gasteiger partial charge is 0.354 e. The molecular weight excluding hydrogens is 611 g/mol. The Morgan fingerprint density at radius 2 is 0.837 bits per heavy atom. The molecule has 232 valence electrons. The average molecular weight is 645 g/mol. The molecule has 0 amide bonds. The Hall–Kier alpha value is -5.99. The minimum absolute atomic E-state index is 0. The SMILES string of the molecule is C1=Cc2nc1cc1cc(-c3ccccc3)c([nH]1)c(-c1ccccc1)c1nc(c(-c3ccccc3)c3ccc([nH]3)c2-c2ccccc2)C=C1.[AlH3]. The molecular formula is C44H33AlN4. The Bertz CT molecular complexity index is 2530. The van der Waals surface area contributed by atoms with Gasteiger partial charge in [0.25, 0.3) is 0 Å². The maximum absolute atomic E-state index is 5.40. The molecule has 49 heavy (non-hydrogen) atoms. The van der Waals surface area contributed by atoms with Crippen molar-refractivity contribution < 1.29 is 0 Å². The van der Waals surface area contributed by atoms with Crippen molar-refractivity contribution in [3.8, 4) is 44.5 Å². The van der Waals surface area contributed by atoms with Gasteiger partial charge in [0.2, 0.25) is 0 Å². The van der Waals surface area contributed by atoms with Crippen molar-refractivity contribution in [2.24, 2.45) is 0 Å². The van der Waals surface area contributed by atoms with E-state index in [-0.39, 0.29) is 17.4 Å². The molecule has 0 spiro atoms. The first-order chi connectivity index (χ1) is 23.8. The Morgan fingerprint density at radius 3 is 1.39 bits per heavy atom. The van der Waals surface area contributed by atoms with E-state index >= 15 is 0 Å². The zero-order valence-corrected chi connectivity index (χ0v) is 26.1. The molecule has 0 aliphatic carbocycles. The van der Waals surface area contributed by atoms with Crippen LogP contribution < -0.4 is 0 Å². The van der Waals surface area contributed by atoms with Gasteiger partial charge in [0, 0.05) is 38.8 Å². The first-order valence-corrected chi connectivity index (χ1v) is 16.2. The highest BCUT2D eigenvalue weighted by Gasteiger charge is 2.18. The van der Waals surface area contributed by atoms with Crippen molar-refractivity contribution in [1.29, 1.82) is 0 Å². The highest BCUT2D eigenvalue weighted by Crippen LogP contribution is 2.39. The fourth-order valence-corrected chi connectivity index (χ4v) is 6.80. The van der Waals surface area contributed by atoms with Crippen LogP contribution in [0.15, 0.2) is 146 Å². The first kappa shape index (κ1) is 30.4. The van der Waals surface area contributed by atoms with Gasteiger partial charge in [0.15, 0.2) is 17.4 Å². The fraction of sp³-hybridized carbons (Fsp3) is 0. The predicted octanol–water partition coefficient (Wildman–Crippen LogP) is 10.1. The molecule has 2 aliphatic rings. The molecule has 2 aliphatic heterocycles. The number of H-pyrrole nitrogens is 2. The lowest BCUT2D eigenvalue weighted by molar-refractivity contribution is 1.31. The summed E-state index contributed by atoms with van der Waals surface area (Å²) in [5, 5.41) is 0. The molecule has 2 N–H and O–H groups in total. The number of benzene rings is 4. The van der Waals surface area contributed by atoms with Gasteiger partial charge >= 0.3 is 0 Å². The third kappa shape index (κ3) is 5.66. The number of aromatic nitrogens is 4. The fourth-order valence-electron chi connectivity index (χ4n) is 6.80. The van der Waals surface area contributed by atoms with Crippen molar-refractivity contribution in [1.82, 2.24) is 19.9 Å². The number of aromatic amines is 2. The number of hydrogen-bond donors (Lipinski definition) is 2. The molecule has 0 saturated carbocycles. The highest BCUT2D eigenvalue weighted by atomic mass is 27.0. The van der Waals surface area contributed by atoms with Crippen LogP contribution in [0.2, 0.25) is 0 Å². The normalized spacial score (nSPS) is 11.8. The number of hydrogen-bond acceptors (Lipinski definition) is 2. The number of fused-ring (bicyclic) bond motifs is 8. The van der Waals surface area contributed by atoms with E-state index in [9.17, 15) is 0 Å². The lowest BCUT2D eigenvalue weighted by Crippen LogP contribution is -1.89. The quantitative estimate of drug-likeness (QED) is 0.187. The monoisotopic (exact) mass is 644 g/mol. The van der Waals surface area contributed by atoms with Crippen LogP contribution in [0.25, 0.3) is 90.9 Å². The molecule has 8 bridgehead atoms. The Morgan fingerprint density at radius 1 is 0.388 bits per heavy atom. The van der Waals surface area contributed by atoms with Gasteiger partial charge in [0.05, 0.1) is 28.3 Å². The van der Waals surface area contributed by atoms with Gasteiger partial charge in [-0.05, 0) is 70.8 Å². The van der Waals surface area contributed by atoms with E-state index in [0.29, 0.717) is 0 Å². The van der Waals surface area contributed by atoms with Crippen LogP contribution in [0, 0.1) is 0 Å². The summed E-state index contributed by atoms with van der Waals surface area (Å²) in [5.74, 6) is 0. The number of rotatable bonds is 4. The van der Waals surface area contributed by atoms with Crippen LogP contribution in [0.5, 0.6) is 0 Å². The summed E-state index contributed by atoms with van der Waals surface area (Å²) < 4.78 is 0. The van der Waals surface area contributed by atoms with E-state index in [1.165, 1.54) is 0 Å². The molecule has 0 unspecified atom stereocenters. The van der Waals surface area contributed by atoms with Crippen LogP contribution in [0.4, 0.5) is 0 Å². The molecule has 7 aromatic rings. The summed E-state index contributed by atoms with van der Waals surface area (Å²) in [6.45, 7) is 0. The minimum Gasteiger partial charge on any atom is -0.354 e. The maximum Gasteiger partial charge on any atom is 0.187 e. The third-order valence-corrected chi connectivity index (χ3v) is 8.96. The number of nitrogens with one attached hydrogen (secondary N) is 2. The Labute approximate surface area is 295 Å². The molecule has 4 nitrogen and oxygen atoms in total. The van der Waals surface area contributed by atoms with Crippen LogP contribution in [0.3, 0.4) is 0 Å². The second kappa shape index (κ2) is 12.9. The zero-order valence-electron chi connectivity index (χ0n) is 26.1. The van der Waals surface area contributed by atoms with Crippen LogP contribution in [-0.2, 0) is 0 Å². The highest BCUT2D eigenvalue weighted by molar-refractivity contribution is 6.01. The molecule has 4 aromatic carbocycles. The van der Waals surface area contributed by atoms with Crippen molar-refractivity contribution >= 4 is 63.7 Å². The molecule has 0 radical (unpaired) electrons. The Balaban J connectivity index is 0.00000348. The van der Waals surface area contributed by atoms with E-state index in [1.54, 1.807) is 0 Å². The minimum atomic E-state index is 0. The molecule has 5 heteroatoms. The van der Waals surface area contributed by atoms with E-state index in [2.05, 4.69) is 174 Å². The van der Waals surface area contributed by atoms with Crippen LogP contribution >= 0.6 is 0 Å².